The third-order valence-electron chi connectivity index (χ3n) is 6.86. The highest BCUT2D eigenvalue weighted by molar-refractivity contribution is 6.32. The average Bonchev–Trinajstić information content (AvgIpc) is 3.24. The number of nitrogens with zero attached hydrogens (tertiary/aromatic N) is 1. The first kappa shape index (κ1) is 25.3. The molecule has 1 saturated heterocycles. The van der Waals surface area contributed by atoms with Crippen LogP contribution < -0.4 is 14.8 Å². The number of amides is 1. The van der Waals surface area contributed by atoms with Gasteiger partial charge in [0.25, 0.3) is 5.91 Å². The van der Waals surface area contributed by atoms with Crippen molar-refractivity contribution in [1.82, 2.24) is 4.90 Å². The number of hydrogen-bond acceptors (Lipinski definition) is 6. The van der Waals surface area contributed by atoms with Crippen LogP contribution in [0.5, 0.6) is 17.2 Å². The highest BCUT2D eigenvalue weighted by Gasteiger charge is 2.42. The van der Waals surface area contributed by atoms with Crippen molar-refractivity contribution in [3.63, 3.8) is 0 Å². The van der Waals surface area contributed by atoms with Gasteiger partial charge in [0.15, 0.2) is 0 Å². The predicted octanol–water partition coefficient (Wildman–Crippen LogP) is 4.65. The smallest absolute Gasteiger partial charge is 0.255 e. The van der Waals surface area contributed by atoms with Gasteiger partial charge in [0.2, 0.25) is 0 Å². The highest BCUT2D eigenvalue weighted by Crippen LogP contribution is 2.41. The Kier molecular flexibility index (Phi) is 7.24. The number of rotatable bonds is 7. The number of piperidine rings is 1. The number of likely N-dealkylation sites (tertiary alicyclic amines) is 1. The number of nitrogens with one attached hydrogen (secondary N) is 1. The summed E-state index contributed by atoms with van der Waals surface area (Å²) in [5.74, 6) is 0.158. The molecule has 3 aromatic carbocycles. The maximum Gasteiger partial charge on any atom is 0.255 e. The molecule has 3 N–H and O–H groups in total. The first-order valence-corrected chi connectivity index (χ1v) is 12.6. The van der Waals surface area contributed by atoms with E-state index in [0.717, 1.165) is 37.2 Å². The molecule has 1 spiro atoms. The molecular weight excluding hydrogens is 499 g/mol. The van der Waals surface area contributed by atoms with E-state index < -0.39 is 6.10 Å². The number of ether oxygens (including phenoxy) is 2. The molecule has 0 bridgehead atoms. The van der Waals surface area contributed by atoms with Crippen molar-refractivity contribution >= 4 is 23.2 Å². The Morgan fingerprint density at radius 1 is 1.16 bits per heavy atom. The molecule has 0 unspecified atom stereocenters. The number of carbonyl (C=O) groups is 1. The van der Waals surface area contributed by atoms with Crippen molar-refractivity contribution in [3.8, 4) is 17.2 Å². The molecule has 5 rings (SSSR count). The van der Waals surface area contributed by atoms with Crippen molar-refractivity contribution in [2.75, 3.05) is 31.6 Å². The molecule has 2 heterocycles. The van der Waals surface area contributed by atoms with Gasteiger partial charge in [-0.2, -0.15) is 0 Å². The van der Waals surface area contributed by atoms with E-state index in [1.165, 1.54) is 18.2 Å². The molecule has 1 fully saturated rings. The molecule has 37 heavy (non-hydrogen) atoms. The van der Waals surface area contributed by atoms with E-state index in [0.29, 0.717) is 18.5 Å². The fourth-order valence-corrected chi connectivity index (χ4v) is 5.07. The molecule has 9 heteroatoms. The van der Waals surface area contributed by atoms with E-state index in [4.69, 9.17) is 21.1 Å². The zero-order valence-corrected chi connectivity index (χ0v) is 20.9. The van der Waals surface area contributed by atoms with Gasteiger partial charge in [-0.1, -0.05) is 29.8 Å². The van der Waals surface area contributed by atoms with Crippen molar-refractivity contribution in [1.29, 1.82) is 0 Å². The number of halogens is 2. The summed E-state index contributed by atoms with van der Waals surface area (Å²) >= 11 is 6.05. The summed E-state index contributed by atoms with van der Waals surface area (Å²) in [5, 5.41) is 23.5. The molecular formula is C28H28ClFN2O5. The molecule has 194 valence electrons. The Labute approximate surface area is 219 Å². The Morgan fingerprint density at radius 3 is 2.68 bits per heavy atom. The second kappa shape index (κ2) is 10.6. The lowest BCUT2D eigenvalue weighted by atomic mass is 9.87. The molecule has 0 saturated carbocycles. The largest absolute Gasteiger partial charge is 0.506 e. The van der Waals surface area contributed by atoms with E-state index in [2.05, 4.69) is 10.2 Å². The number of phenolic OH excluding ortho intramolecular Hbond substituents is 1. The van der Waals surface area contributed by atoms with Gasteiger partial charge in [0, 0.05) is 56.1 Å². The second-order valence-electron chi connectivity index (χ2n) is 9.60. The topological polar surface area (TPSA) is 91.3 Å². The SMILES string of the molecule is O=C(Nc1cc(Cl)c(O)cc1OC[C@@H](O)CN1CCC2(CC1)Cc1cc(F)ccc1O2)c1ccccc1. The summed E-state index contributed by atoms with van der Waals surface area (Å²) in [6.07, 6.45) is 1.44. The number of anilines is 1. The quantitative estimate of drug-likeness (QED) is 0.388. The van der Waals surface area contributed by atoms with E-state index in [9.17, 15) is 19.4 Å². The Hall–Kier alpha value is -3.33. The number of fused-ring (bicyclic) bond motifs is 1. The van der Waals surface area contributed by atoms with E-state index >= 15 is 0 Å². The summed E-state index contributed by atoms with van der Waals surface area (Å²) < 4.78 is 25.6. The lowest BCUT2D eigenvalue weighted by molar-refractivity contribution is -0.00192. The maximum absolute atomic E-state index is 13.6. The summed E-state index contributed by atoms with van der Waals surface area (Å²) in [7, 11) is 0. The van der Waals surface area contributed by atoms with Crippen molar-refractivity contribution < 1.29 is 28.9 Å². The minimum absolute atomic E-state index is 0.0435. The van der Waals surface area contributed by atoms with Crippen molar-refractivity contribution in [3.05, 3.63) is 82.6 Å². The van der Waals surface area contributed by atoms with Crippen LogP contribution in [0.1, 0.15) is 28.8 Å². The Bertz CT molecular complexity index is 1280. The summed E-state index contributed by atoms with van der Waals surface area (Å²) in [5.41, 5.74) is 1.34. The minimum Gasteiger partial charge on any atom is -0.506 e. The number of aliphatic hydroxyl groups is 1. The summed E-state index contributed by atoms with van der Waals surface area (Å²) in [6.45, 7) is 1.81. The van der Waals surface area contributed by atoms with Gasteiger partial charge in [-0.3, -0.25) is 4.79 Å². The molecule has 2 aliphatic heterocycles. The van der Waals surface area contributed by atoms with Gasteiger partial charge in [0.05, 0.1) is 10.7 Å². The van der Waals surface area contributed by atoms with Crippen LogP contribution in [0, 0.1) is 5.82 Å². The van der Waals surface area contributed by atoms with Gasteiger partial charge in [-0.05, 0) is 36.4 Å². The molecule has 0 radical (unpaired) electrons. The Morgan fingerprint density at radius 2 is 1.92 bits per heavy atom. The zero-order chi connectivity index (χ0) is 26.0. The maximum atomic E-state index is 13.6. The van der Waals surface area contributed by atoms with Crippen LogP contribution in [-0.4, -0.2) is 59.0 Å². The van der Waals surface area contributed by atoms with E-state index in [-0.39, 0.29) is 46.1 Å². The number of phenols is 1. The molecule has 1 atom stereocenters. The molecule has 2 aliphatic rings. The van der Waals surface area contributed by atoms with Crippen LogP contribution >= 0.6 is 11.6 Å². The summed E-state index contributed by atoms with van der Waals surface area (Å²) in [4.78, 5) is 14.7. The van der Waals surface area contributed by atoms with Crippen molar-refractivity contribution in [2.24, 2.45) is 0 Å². The lowest BCUT2D eigenvalue weighted by Gasteiger charge is -2.39. The fraction of sp³-hybridized carbons (Fsp3) is 0.321. The highest BCUT2D eigenvalue weighted by atomic mass is 35.5. The normalized spacial score (nSPS) is 17.2. The number of aliphatic hydroxyl groups excluding tert-OH is 1. The van der Waals surface area contributed by atoms with Crippen LogP contribution in [0.4, 0.5) is 10.1 Å². The minimum atomic E-state index is -0.805. The van der Waals surface area contributed by atoms with E-state index in [1.807, 2.05) is 6.07 Å². The van der Waals surface area contributed by atoms with Gasteiger partial charge in [0.1, 0.15) is 41.4 Å². The summed E-state index contributed by atoms with van der Waals surface area (Å²) in [6, 6.07) is 16.1. The average molecular weight is 527 g/mol. The predicted molar refractivity (Wildman–Crippen MR) is 138 cm³/mol. The van der Waals surface area contributed by atoms with Crippen LogP contribution in [0.15, 0.2) is 60.7 Å². The fourth-order valence-electron chi connectivity index (χ4n) is 4.90. The Balaban J connectivity index is 1.15. The van der Waals surface area contributed by atoms with Crippen LogP contribution in [0.2, 0.25) is 5.02 Å². The lowest BCUT2D eigenvalue weighted by Crippen LogP contribution is -2.49. The van der Waals surface area contributed by atoms with E-state index in [1.54, 1.807) is 36.4 Å². The molecule has 3 aromatic rings. The van der Waals surface area contributed by atoms with Crippen molar-refractivity contribution in [2.45, 2.75) is 31.0 Å². The van der Waals surface area contributed by atoms with Gasteiger partial charge in [-0.15, -0.1) is 0 Å². The molecule has 0 aromatic heterocycles. The zero-order valence-electron chi connectivity index (χ0n) is 20.1. The van der Waals surface area contributed by atoms with Crippen LogP contribution in [0.25, 0.3) is 0 Å². The standard InChI is InChI=1S/C28H28ClFN2O5/c29-22-13-23(31-27(35)18-4-2-1-3-5-18)26(14-24(22)34)36-17-21(33)16-32-10-8-28(9-11-32)15-19-12-20(30)6-7-25(19)37-28/h1-7,12-14,21,33-34H,8-11,15-17H2,(H,31,35)/t21-/m0/s1. The number of aromatic hydroxyl groups is 1. The van der Waals surface area contributed by atoms with Gasteiger partial charge in [-0.25, -0.2) is 4.39 Å². The van der Waals surface area contributed by atoms with Crippen LogP contribution in [-0.2, 0) is 6.42 Å². The number of carbonyl (C=O) groups excluding carboxylic acids is 1. The molecule has 1 amide bonds. The van der Waals surface area contributed by atoms with Gasteiger partial charge < -0.3 is 29.9 Å². The first-order chi connectivity index (χ1) is 17.8. The number of β-amino-alcohol motifs (C(OH)–C–C–N with tert-alkyl or cyclic N) is 1. The first-order valence-electron chi connectivity index (χ1n) is 12.2. The number of hydrogen-bond donors (Lipinski definition) is 3. The number of benzene rings is 3. The monoisotopic (exact) mass is 526 g/mol. The van der Waals surface area contributed by atoms with Gasteiger partial charge >= 0.3 is 0 Å². The molecule has 0 aliphatic carbocycles. The third kappa shape index (κ3) is 5.82. The second-order valence-corrected chi connectivity index (χ2v) is 10.0. The van der Waals surface area contributed by atoms with Crippen LogP contribution in [0.3, 0.4) is 0 Å². The third-order valence-corrected chi connectivity index (χ3v) is 7.17. The molecule has 7 nitrogen and oxygen atoms in total.